The molecule has 0 aliphatic heterocycles. The smallest absolute Gasteiger partial charge is 0.274 e. The van der Waals surface area contributed by atoms with Gasteiger partial charge in [0.05, 0.1) is 38.2 Å². The van der Waals surface area contributed by atoms with Crippen LogP contribution in [-0.2, 0) is 23.1 Å². The lowest BCUT2D eigenvalue weighted by Gasteiger charge is -2.34. The third-order valence-corrected chi connectivity index (χ3v) is 7.48. The summed E-state index contributed by atoms with van der Waals surface area (Å²) >= 11 is 0. The van der Waals surface area contributed by atoms with E-state index >= 15 is 0 Å². The summed E-state index contributed by atoms with van der Waals surface area (Å²) in [6.45, 7) is 3.52. The minimum Gasteiger partial charge on any atom is -0.343 e. The van der Waals surface area contributed by atoms with Gasteiger partial charge >= 0.3 is 0 Å². The SMILES string of the molecule is Cn1c(=O)c(NC(=O)[C@@H](CCc2ccccc2)NC(=O)C(N)CCC[N+](C)(CCN)CCN)cc2ccccc21. The summed E-state index contributed by atoms with van der Waals surface area (Å²) in [5, 5.41) is 6.43. The number of benzene rings is 2. The summed E-state index contributed by atoms with van der Waals surface area (Å²) in [6, 6.07) is 17.2. The highest BCUT2D eigenvalue weighted by atomic mass is 16.2. The lowest BCUT2D eigenvalue weighted by molar-refractivity contribution is -0.907. The summed E-state index contributed by atoms with van der Waals surface area (Å²) in [4.78, 5) is 39.5. The van der Waals surface area contributed by atoms with E-state index in [-0.39, 0.29) is 11.2 Å². The molecule has 2 amide bonds. The molecule has 0 saturated carbocycles. The average molecular weight is 551 g/mol. The Morgan fingerprint density at radius 3 is 2.25 bits per heavy atom. The van der Waals surface area contributed by atoms with Crippen molar-refractivity contribution in [2.45, 2.75) is 37.8 Å². The van der Waals surface area contributed by atoms with Gasteiger partial charge in [-0.1, -0.05) is 48.5 Å². The Morgan fingerprint density at radius 2 is 1.57 bits per heavy atom. The fourth-order valence-corrected chi connectivity index (χ4v) is 5.02. The Bertz CT molecular complexity index is 1320. The first-order valence-corrected chi connectivity index (χ1v) is 13.9. The second-order valence-electron chi connectivity index (χ2n) is 10.7. The molecule has 216 valence electrons. The van der Waals surface area contributed by atoms with Crippen LogP contribution in [0.4, 0.5) is 5.69 Å². The van der Waals surface area contributed by atoms with Crippen LogP contribution in [-0.4, -0.2) is 72.7 Å². The van der Waals surface area contributed by atoms with Crippen LogP contribution in [0.25, 0.3) is 10.9 Å². The summed E-state index contributed by atoms with van der Waals surface area (Å²) in [5.41, 5.74) is 19.4. The molecule has 0 saturated heterocycles. The van der Waals surface area contributed by atoms with Crippen molar-refractivity contribution in [2.75, 3.05) is 45.1 Å². The number of likely N-dealkylation sites (N-methyl/N-ethyl adjacent to an activating group) is 1. The minimum absolute atomic E-state index is 0.159. The molecule has 10 nitrogen and oxygen atoms in total. The van der Waals surface area contributed by atoms with Gasteiger partial charge in [-0.05, 0) is 43.4 Å². The number of aromatic nitrogens is 1. The molecular formula is C30H44N7O3+. The largest absolute Gasteiger partial charge is 0.343 e. The van der Waals surface area contributed by atoms with E-state index in [2.05, 4.69) is 17.7 Å². The van der Waals surface area contributed by atoms with Gasteiger partial charge in [0.25, 0.3) is 5.56 Å². The van der Waals surface area contributed by atoms with Crippen molar-refractivity contribution in [3.8, 4) is 0 Å². The Labute approximate surface area is 236 Å². The zero-order valence-electron chi connectivity index (χ0n) is 23.6. The third-order valence-electron chi connectivity index (χ3n) is 7.48. The number of hydrogen-bond acceptors (Lipinski definition) is 6. The maximum absolute atomic E-state index is 13.4. The second-order valence-corrected chi connectivity index (χ2v) is 10.7. The number of nitrogens with one attached hydrogen (secondary N) is 2. The van der Waals surface area contributed by atoms with Gasteiger partial charge in [-0.3, -0.25) is 14.4 Å². The van der Waals surface area contributed by atoms with Crippen molar-refractivity contribution < 1.29 is 14.1 Å². The van der Waals surface area contributed by atoms with Crippen LogP contribution in [0.2, 0.25) is 0 Å². The van der Waals surface area contributed by atoms with Gasteiger partial charge in [-0.2, -0.15) is 0 Å². The van der Waals surface area contributed by atoms with Gasteiger partial charge in [0.15, 0.2) is 0 Å². The number of fused-ring (bicyclic) bond motifs is 1. The van der Waals surface area contributed by atoms with Crippen molar-refractivity contribution in [1.82, 2.24) is 9.88 Å². The van der Waals surface area contributed by atoms with Crippen LogP contribution in [0.5, 0.6) is 0 Å². The number of pyridine rings is 1. The number of carbonyl (C=O) groups excluding carboxylic acids is 2. The zero-order valence-corrected chi connectivity index (χ0v) is 23.6. The van der Waals surface area contributed by atoms with Crippen LogP contribution < -0.4 is 33.4 Å². The van der Waals surface area contributed by atoms with Crippen LogP contribution in [0.1, 0.15) is 24.8 Å². The first-order valence-electron chi connectivity index (χ1n) is 13.9. The molecule has 0 spiro atoms. The first-order chi connectivity index (χ1) is 19.2. The molecule has 2 aromatic carbocycles. The van der Waals surface area contributed by atoms with Crippen molar-refractivity contribution in [2.24, 2.45) is 24.2 Å². The molecule has 1 unspecified atom stereocenters. The standard InChI is InChI=1S/C30H43N7O3/c1-36-27-13-7-6-11-23(27)21-26(30(36)40)35-29(39)25(15-14-22-9-4-3-5-10-22)34-28(38)24(33)12-8-18-37(2,19-16-31)20-17-32/h3-7,9-11,13,21,24-25H,8,12,14-20,31-33H2,1-2H3,(H-,34,35,38,39)/p+1/t24?,25-/m1/s1. The Balaban J connectivity index is 1.71. The molecule has 1 heterocycles. The van der Waals surface area contributed by atoms with Gasteiger partial charge in [0, 0.05) is 25.5 Å². The molecule has 1 aromatic heterocycles. The third kappa shape index (κ3) is 8.46. The van der Waals surface area contributed by atoms with E-state index in [1.165, 1.54) is 4.57 Å². The molecule has 0 radical (unpaired) electrons. The van der Waals surface area contributed by atoms with Crippen molar-refractivity contribution in [3.05, 3.63) is 76.6 Å². The molecular weight excluding hydrogens is 506 g/mol. The first kappa shape index (κ1) is 31.0. The lowest BCUT2D eigenvalue weighted by atomic mass is 10.0. The van der Waals surface area contributed by atoms with Crippen molar-refractivity contribution >= 4 is 28.4 Å². The quantitative estimate of drug-likeness (QED) is 0.178. The number of aryl methyl sites for hydroxylation is 2. The minimum atomic E-state index is -0.870. The van der Waals surface area contributed by atoms with E-state index < -0.39 is 23.9 Å². The molecule has 8 N–H and O–H groups in total. The maximum Gasteiger partial charge on any atom is 0.274 e. The average Bonchev–Trinajstić information content (AvgIpc) is 2.94. The summed E-state index contributed by atoms with van der Waals surface area (Å²) in [7, 11) is 3.77. The summed E-state index contributed by atoms with van der Waals surface area (Å²) in [6.07, 6.45) is 2.11. The predicted octanol–water partition coefficient (Wildman–Crippen LogP) is 1.07. The highest BCUT2D eigenvalue weighted by Crippen LogP contribution is 2.16. The number of nitrogens with zero attached hydrogens (tertiary/aromatic N) is 2. The summed E-state index contributed by atoms with van der Waals surface area (Å²) < 4.78 is 2.23. The monoisotopic (exact) mass is 550 g/mol. The van der Waals surface area contributed by atoms with E-state index in [4.69, 9.17) is 17.2 Å². The van der Waals surface area contributed by atoms with Crippen molar-refractivity contribution in [1.29, 1.82) is 0 Å². The van der Waals surface area contributed by atoms with Crippen LogP contribution in [0.3, 0.4) is 0 Å². The highest BCUT2D eigenvalue weighted by Gasteiger charge is 2.26. The van der Waals surface area contributed by atoms with Gasteiger partial charge in [0.2, 0.25) is 11.8 Å². The molecule has 0 bridgehead atoms. The van der Waals surface area contributed by atoms with E-state index in [1.807, 2.05) is 54.6 Å². The molecule has 3 aromatic rings. The van der Waals surface area contributed by atoms with Crippen LogP contribution in [0, 0.1) is 0 Å². The van der Waals surface area contributed by atoms with Gasteiger partial charge < -0.3 is 36.9 Å². The maximum atomic E-state index is 13.4. The van der Waals surface area contributed by atoms with Crippen molar-refractivity contribution in [3.63, 3.8) is 0 Å². The van der Waals surface area contributed by atoms with E-state index in [0.717, 1.165) is 47.0 Å². The number of para-hydroxylation sites is 1. The molecule has 10 heteroatoms. The van der Waals surface area contributed by atoms with E-state index in [9.17, 15) is 14.4 Å². The van der Waals surface area contributed by atoms with Gasteiger partial charge in [-0.25, -0.2) is 0 Å². The lowest BCUT2D eigenvalue weighted by Crippen LogP contribution is -2.52. The molecule has 2 atom stereocenters. The summed E-state index contributed by atoms with van der Waals surface area (Å²) in [5.74, 6) is -0.856. The predicted molar refractivity (Wildman–Crippen MR) is 161 cm³/mol. The fraction of sp³-hybridized carbons (Fsp3) is 0.433. The number of amides is 2. The number of carbonyl (C=O) groups is 2. The molecule has 3 rings (SSSR count). The number of hydrogen-bond donors (Lipinski definition) is 5. The molecule has 0 aliphatic rings. The van der Waals surface area contributed by atoms with Gasteiger partial charge in [0.1, 0.15) is 11.7 Å². The molecule has 0 fully saturated rings. The number of anilines is 1. The van der Waals surface area contributed by atoms with Gasteiger partial charge in [-0.15, -0.1) is 0 Å². The molecule has 0 aliphatic carbocycles. The zero-order chi connectivity index (χ0) is 29.1. The number of rotatable bonds is 15. The van der Waals surface area contributed by atoms with E-state index in [0.29, 0.717) is 32.4 Å². The van der Waals surface area contributed by atoms with E-state index in [1.54, 1.807) is 13.1 Å². The Hall–Kier alpha value is -3.57. The second kappa shape index (κ2) is 14.7. The normalized spacial score (nSPS) is 13.1. The fourth-order valence-electron chi connectivity index (χ4n) is 5.02. The number of quaternary nitrogens is 1. The highest BCUT2D eigenvalue weighted by molar-refractivity contribution is 5.99. The Morgan fingerprint density at radius 1 is 0.925 bits per heavy atom. The number of nitrogens with two attached hydrogens (primary N) is 3. The topological polar surface area (TPSA) is 158 Å². The van der Waals surface area contributed by atoms with Crippen LogP contribution >= 0.6 is 0 Å². The Kier molecular flexibility index (Phi) is 11.4. The molecule has 40 heavy (non-hydrogen) atoms. The van der Waals surface area contributed by atoms with Crippen LogP contribution in [0.15, 0.2) is 65.5 Å².